The number of likely N-dealkylation sites (N-methyl/N-ethyl adjacent to an activating group) is 2. The van der Waals surface area contributed by atoms with Gasteiger partial charge in [0.25, 0.3) is 23.6 Å². The zero-order valence-electron chi connectivity index (χ0n) is 68.5. The minimum Gasteiger partial charge on any atom is -0.419 e. The van der Waals surface area contributed by atoms with Crippen molar-refractivity contribution in [2.45, 2.75) is 158 Å². The number of carbonyl (C=O) groups excluding carboxylic acids is 6. The number of ether oxygens (including phenoxy) is 4. The van der Waals surface area contributed by atoms with Crippen LogP contribution < -0.4 is 31.9 Å². The summed E-state index contributed by atoms with van der Waals surface area (Å²) in [4.78, 5) is 94.4. The number of halogens is 9. The van der Waals surface area contributed by atoms with Crippen LogP contribution in [0.2, 0.25) is 0 Å². The van der Waals surface area contributed by atoms with Gasteiger partial charge in [0, 0.05) is 94.6 Å². The Morgan fingerprint density at radius 1 is 0.445 bits per heavy atom. The average Bonchev–Trinajstić information content (AvgIpc) is 1.68. The quantitative estimate of drug-likeness (QED) is 0.0435. The van der Waals surface area contributed by atoms with Crippen molar-refractivity contribution >= 4 is 35.4 Å². The summed E-state index contributed by atoms with van der Waals surface area (Å²) in [5.41, 5.74) is 3.21. The standard InChI is InChI=1S/C22H27F3N4O3.2C21H26F2N4O3.C19H20F2N4O2/c1-22(2,3)18(21(31)26-8-7-23)28-20(30)17-16-6-10-32-11-9-29(16)19(27-17)13-4-5-14(24)15(25)12-13;1-21(2,3)17(20(29)24-4)26-19(28)16-15-7-9-30-10-8-27(15)18(25-16)13-11-12(22)5-6-14(13)23;1-12(2)10-16(20(28)24-3)25-21(29)18-17-6-8-30-9-7-27(17)19(26-18)13-4-5-14(22)15(23)11-13;1-19(2,3)18-24-23-17(27-18)15-14-6-8-26-9-7-25(14)16(22-15)11-4-5-12(20)13(21)10-11/h4-5,12,18H,6-11H2,1-3H3,(H,26,31)(H,28,30);5-6,11,17H,7-10H2,1-4H3,(H,24,29)(H,26,28);4-5,11-12,16H,6-10H2,1-3H3,(H,24,28)(H,25,29);4-5,10H,6-9H2,1-3H3/t18-;17-;16-;/m110./s1. The molecule has 640 valence electrons. The highest BCUT2D eigenvalue weighted by molar-refractivity contribution is 6.00. The number of amides is 6. The number of alkyl halides is 1. The Morgan fingerprint density at radius 3 is 1.23 bits per heavy atom. The number of nitrogens with one attached hydrogen (secondary N) is 6. The van der Waals surface area contributed by atoms with E-state index in [0.717, 1.165) is 60.3 Å². The summed E-state index contributed by atoms with van der Waals surface area (Å²) < 4.78 is 157. The summed E-state index contributed by atoms with van der Waals surface area (Å²) in [6.45, 7) is 24.9. The summed E-state index contributed by atoms with van der Waals surface area (Å²) in [5, 5.41) is 24.1. The number of fused-ring (bicyclic) bond motifs is 4. The van der Waals surface area contributed by atoms with Crippen molar-refractivity contribution in [1.29, 1.82) is 0 Å². The van der Waals surface area contributed by atoms with E-state index < -0.39 is 106 Å². The topological polar surface area (TPSA) is 322 Å². The van der Waals surface area contributed by atoms with Crippen LogP contribution in [0.1, 0.15) is 143 Å². The molecule has 9 aromatic rings. The fraction of sp³-hybridized carbons (Fsp3) is 0.470. The Hall–Kier alpha value is -11.1. The number of aromatic nitrogens is 10. The molecule has 0 radical (unpaired) electrons. The molecule has 4 aromatic carbocycles. The second kappa shape index (κ2) is 39.2. The fourth-order valence-corrected chi connectivity index (χ4v) is 13.7. The van der Waals surface area contributed by atoms with Crippen LogP contribution in [0, 0.1) is 63.3 Å². The van der Waals surface area contributed by atoms with Crippen LogP contribution in [0.4, 0.5) is 39.5 Å². The summed E-state index contributed by atoms with van der Waals surface area (Å²) >= 11 is 0. The molecule has 119 heavy (non-hydrogen) atoms. The van der Waals surface area contributed by atoms with Crippen molar-refractivity contribution < 1.29 is 91.6 Å². The molecule has 0 unspecified atom stereocenters. The van der Waals surface area contributed by atoms with E-state index in [4.69, 9.17) is 23.4 Å². The van der Waals surface area contributed by atoms with Gasteiger partial charge in [0.2, 0.25) is 23.6 Å². The third-order valence-electron chi connectivity index (χ3n) is 19.7. The second-order valence-corrected chi connectivity index (χ2v) is 32.1. The lowest BCUT2D eigenvalue weighted by Crippen LogP contribution is -2.54. The molecule has 3 atom stereocenters. The zero-order valence-corrected chi connectivity index (χ0v) is 68.5. The number of rotatable bonds is 18. The molecule has 0 saturated carbocycles. The molecule has 13 rings (SSSR count). The van der Waals surface area contributed by atoms with Gasteiger partial charge in [-0.1, -0.05) is 76.2 Å². The normalized spacial score (nSPS) is 14.9. The number of hydrogen-bond donors (Lipinski definition) is 6. The first kappa shape index (κ1) is 90.2. The van der Waals surface area contributed by atoms with Gasteiger partial charge in [-0.2, -0.15) is 0 Å². The summed E-state index contributed by atoms with van der Waals surface area (Å²) in [6.07, 6.45) is 2.29. The van der Waals surface area contributed by atoms with Crippen molar-refractivity contribution in [2.75, 3.05) is 80.2 Å². The van der Waals surface area contributed by atoms with Crippen LogP contribution in [-0.4, -0.2) is 182 Å². The lowest BCUT2D eigenvalue weighted by molar-refractivity contribution is -0.126. The predicted octanol–water partition coefficient (Wildman–Crippen LogP) is 11.0. The molecule has 0 aliphatic carbocycles. The van der Waals surface area contributed by atoms with Crippen molar-refractivity contribution in [3.63, 3.8) is 0 Å². The van der Waals surface area contributed by atoms with Gasteiger partial charge in [0.15, 0.2) is 34.9 Å². The number of nitrogens with zero attached hydrogens (tertiary/aromatic N) is 10. The van der Waals surface area contributed by atoms with Crippen LogP contribution in [-0.2, 0) is 90.6 Å². The Labute approximate surface area is 681 Å². The van der Waals surface area contributed by atoms with Gasteiger partial charge < -0.3 is 73.5 Å². The first-order valence-electron chi connectivity index (χ1n) is 39.0. The number of hydrogen-bond acceptors (Lipinski definition) is 17. The van der Waals surface area contributed by atoms with Crippen LogP contribution in [0.5, 0.6) is 0 Å². The van der Waals surface area contributed by atoms with Gasteiger partial charge >= 0.3 is 0 Å². The Kier molecular flexibility index (Phi) is 29.7. The molecule has 6 N–H and O–H groups in total. The van der Waals surface area contributed by atoms with E-state index in [2.05, 4.69) is 62.0 Å². The Morgan fingerprint density at radius 2 is 0.832 bits per heavy atom. The van der Waals surface area contributed by atoms with E-state index in [1.807, 2.05) is 60.0 Å². The maximum absolute atomic E-state index is 14.5. The van der Waals surface area contributed by atoms with Gasteiger partial charge in [0.05, 0.1) is 81.2 Å². The third kappa shape index (κ3) is 21.9. The van der Waals surface area contributed by atoms with E-state index >= 15 is 0 Å². The van der Waals surface area contributed by atoms with Crippen molar-refractivity contribution in [3.05, 3.63) is 165 Å². The average molecular weight is 1670 g/mol. The number of carbonyl (C=O) groups is 6. The molecule has 27 nitrogen and oxygen atoms in total. The molecule has 0 saturated heterocycles. The highest BCUT2D eigenvalue weighted by Gasteiger charge is 2.39. The van der Waals surface area contributed by atoms with Gasteiger partial charge in [-0.25, -0.2) is 59.4 Å². The number of imidazole rings is 4. The lowest BCUT2D eigenvalue weighted by atomic mass is 9.86. The molecule has 5 aromatic heterocycles. The summed E-state index contributed by atoms with van der Waals surface area (Å²) in [6, 6.07) is 11.4. The highest BCUT2D eigenvalue weighted by Crippen LogP contribution is 2.36. The molecule has 0 bridgehead atoms. The van der Waals surface area contributed by atoms with Crippen LogP contribution in [0.3, 0.4) is 0 Å². The summed E-state index contributed by atoms with van der Waals surface area (Å²) in [5.74, 6) is -7.35. The molecule has 0 fully saturated rings. The van der Waals surface area contributed by atoms with Crippen molar-refractivity contribution in [1.82, 2.24) is 80.3 Å². The second-order valence-electron chi connectivity index (χ2n) is 32.1. The molecule has 6 amide bonds. The van der Waals surface area contributed by atoms with Crippen LogP contribution in [0.15, 0.2) is 77.2 Å². The van der Waals surface area contributed by atoms with Gasteiger partial charge in [-0.15, -0.1) is 10.2 Å². The molecule has 9 heterocycles. The molecule has 0 spiro atoms. The van der Waals surface area contributed by atoms with E-state index in [0.29, 0.717) is 180 Å². The molecule has 4 aliphatic heterocycles. The fourth-order valence-electron chi connectivity index (χ4n) is 13.7. The van der Waals surface area contributed by atoms with Gasteiger partial charge in [0.1, 0.15) is 82.5 Å². The third-order valence-corrected chi connectivity index (χ3v) is 19.7. The minimum absolute atomic E-state index is 0.0316. The van der Waals surface area contributed by atoms with Crippen LogP contribution >= 0.6 is 0 Å². The first-order valence-corrected chi connectivity index (χ1v) is 39.0. The SMILES string of the molecule is CC(C)(C)[C@H](NC(=O)c1nc(-c2ccc(F)c(F)c2)n2c1CCOCC2)C(=O)NCCF.CC(C)(C)c1nnc(-c2nc(-c3ccc(F)c(F)c3)n3c2CCOCC3)o1.CNC(=O)[C@@H](NC(=O)c1nc(-c2cc(F)ccc2F)n2c1CCOCC2)C(C)(C)C.CNC(=O)[C@H](CC(C)C)NC(=O)c1nc(-c2ccc(F)c(F)c2)n2c1CCOCC2. The molecule has 36 heteroatoms. The maximum Gasteiger partial charge on any atom is 0.272 e. The highest BCUT2D eigenvalue weighted by atomic mass is 19.2. The maximum atomic E-state index is 14.5. The monoisotopic (exact) mass is 1670 g/mol. The van der Waals surface area contributed by atoms with Crippen molar-refractivity contribution in [2.24, 2.45) is 16.7 Å². The smallest absolute Gasteiger partial charge is 0.272 e. The first-order chi connectivity index (χ1) is 56.4. The van der Waals surface area contributed by atoms with E-state index in [1.165, 1.54) is 32.3 Å². The lowest BCUT2D eigenvalue weighted by Gasteiger charge is -2.30. The van der Waals surface area contributed by atoms with Gasteiger partial charge in [-0.05, 0) is 96.0 Å². The van der Waals surface area contributed by atoms with Crippen molar-refractivity contribution in [3.8, 4) is 57.1 Å². The number of benzene rings is 4. The van der Waals surface area contributed by atoms with Gasteiger partial charge in [-0.3, -0.25) is 28.8 Å². The Balaban J connectivity index is 0.000000167. The molecular formula is C83H99F9N16O11. The Bertz CT molecular complexity index is 5150. The van der Waals surface area contributed by atoms with E-state index in [9.17, 15) is 68.3 Å². The van der Waals surface area contributed by atoms with E-state index in [-0.39, 0.29) is 58.2 Å². The molecule has 4 aliphatic rings. The van der Waals surface area contributed by atoms with E-state index in [1.54, 1.807) is 34.5 Å². The molecular weight excluding hydrogens is 1570 g/mol. The zero-order chi connectivity index (χ0) is 86.5. The largest absolute Gasteiger partial charge is 0.419 e. The summed E-state index contributed by atoms with van der Waals surface area (Å²) in [7, 11) is 3.01. The minimum atomic E-state index is -1.02. The predicted molar refractivity (Wildman–Crippen MR) is 420 cm³/mol. The van der Waals surface area contributed by atoms with Crippen LogP contribution in [0.25, 0.3) is 57.1 Å².